The molecule has 4 rings (SSSR count). The molecule has 1 fully saturated rings. The third kappa shape index (κ3) is 6.81. The molecular formula is C30H28ClN3O8. The van der Waals surface area contributed by atoms with Crippen LogP contribution in [0.5, 0.6) is 23.0 Å². The number of imide groups is 2. The van der Waals surface area contributed by atoms with Gasteiger partial charge in [0.15, 0.2) is 29.6 Å². The molecule has 0 aromatic heterocycles. The molecule has 3 aromatic rings. The maximum absolute atomic E-state index is 13.4. The molecule has 2 N–H and O–H groups in total. The molecule has 218 valence electrons. The zero-order valence-corrected chi connectivity index (χ0v) is 23.8. The number of benzene rings is 3. The van der Waals surface area contributed by atoms with Gasteiger partial charge in [0, 0.05) is 6.07 Å². The monoisotopic (exact) mass is 593 g/mol. The summed E-state index contributed by atoms with van der Waals surface area (Å²) in [4.78, 5) is 51.9. The number of barbiturate groups is 1. The summed E-state index contributed by atoms with van der Waals surface area (Å²) in [6.45, 7) is 2.09. The van der Waals surface area contributed by atoms with Crippen molar-refractivity contribution in [2.24, 2.45) is 0 Å². The van der Waals surface area contributed by atoms with Gasteiger partial charge in [-0.2, -0.15) is 0 Å². The normalized spacial score (nSPS) is 14.0. The number of anilines is 2. The van der Waals surface area contributed by atoms with Gasteiger partial charge in [-0.25, -0.2) is 9.69 Å². The van der Waals surface area contributed by atoms with Crippen LogP contribution in [-0.2, 0) is 14.4 Å². The Hall–Kier alpha value is -5.03. The SMILES string of the molecule is CCCOc1ccc(N2C(=O)NC(=O)/C(=C/c3ccc(OCC(=O)Nc4ccccc4Cl)c(OC)c3)C2=O)cc1OC. The molecule has 0 radical (unpaired) electrons. The van der Waals surface area contributed by atoms with Crippen molar-refractivity contribution >= 4 is 52.8 Å². The van der Waals surface area contributed by atoms with Gasteiger partial charge in [0.1, 0.15) is 5.57 Å². The molecule has 0 spiro atoms. The van der Waals surface area contributed by atoms with Gasteiger partial charge in [0.2, 0.25) is 0 Å². The maximum Gasteiger partial charge on any atom is 0.335 e. The highest BCUT2D eigenvalue weighted by Crippen LogP contribution is 2.34. The number of nitrogens with one attached hydrogen (secondary N) is 2. The number of carbonyl (C=O) groups excluding carboxylic acids is 4. The van der Waals surface area contributed by atoms with E-state index in [4.69, 9.17) is 30.5 Å². The number of rotatable bonds is 11. The number of methoxy groups -OCH3 is 2. The van der Waals surface area contributed by atoms with Gasteiger partial charge in [-0.15, -0.1) is 0 Å². The highest BCUT2D eigenvalue weighted by Gasteiger charge is 2.37. The Bertz CT molecular complexity index is 1560. The number of hydrogen-bond donors (Lipinski definition) is 2. The first kappa shape index (κ1) is 29.9. The van der Waals surface area contributed by atoms with Crippen LogP contribution in [0, 0.1) is 0 Å². The van der Waals surface area contributed by atoms with Crippen LogP contribution in [0.15, 0.2) is 66.2 Å². The zero-order chi connectivity index (χ0) is 30.2. The predicted octanol–water partition coefficient (Wildman–Crippen LogP) is 4.83. The molecule has 1 aliphatic heterocycles. The van der Waals surface area contributed by atoms with Crippen LogP contribution in [0.2, 0.25) is 5.02 Å². The zero-order valence-electron chi connectivity index (χ0n) is 23.1. The van der Waals surface area contributed by atoms with Crippen molar-refractivity contribution in [3.8, 4) is 23.0 Å². The third-order valence-corrected chi connectivity index (χ3v) is 6.30. The fraction of sp³-hybridized carbons (Fsp3) is 0.200. The maximum atomic E-state index is 13.4. The van der Waals surface area contributed by atoms with E-state index in [0.717, 1.165) is 11.3 Å². The predicted molar refractivity (Wildman–Crippen MR) is 156 cm³/mol. The van der Waals surface area contributed by atoms with Crippen LogP contribution < -0.4 is 34.5 Å². The summed E-state index contributed by atoms with van der Waals surface area (Å²) in [6, 6.07) is 15.1. The number of carbonyl (C=O) groups is 4. The Morgan fingerprint density at radius 1 is 0.929 bits per heavy atom. The number of hydrogen-bond acceptors (Lipinski definition) is 8. The van der Waals surface area contributed by atoms with E-state index in [-0.39, 0.29) is 29.4 Å². The number of urea groups is 1. The van der Waals surface area contributed by atoms with E-state index in [1.165, 1.54) is 44.6 Å². The summed E-state index contributed by atoms with van der Waals surface area (Å²) in [7, 11) is 2.85. The van der Waals surface area contributed by atoms with E-state index in [1.807, 2.05) is 6.92 Å². The molecule has 12 heteroatoms. The lowest BCUT2D eigenvalue weighted by atomic mass is 10.1. The van der Waals surface area contributed by atoms with Gasteiger partial charge in [-0.3, -0.25) is 19.7 Å². The van der Waals surface area contributed by atoms with Crippen LogP contribution in [0.4, 0.5) is 16.2 Å². The van der Waals surface area contributed by atoms with Gasteiger partial charge in [0.05, 0.1) is 37.2 Å². The Labute approximate surface area is 246 Å². The smallest absolute Gasteiger partial charge is 0.335 e. The number of halogens is 1. The molecule has 1 aliphatic rings. The molecule has 3 aromatic carbocycles. The van der Waals surface area contributed by atoms with Crippen molar-refractivity contribution in [2.75, 3.05) is 37.7 Å². The summed E-state index contributed by atoms with van der Waals surface area (Å²) in [5.74, 6) is -0.843. The third-order valence-electron chi connectivity index (χ3n) is 5.97. The van der Waals surface area contributed by atoms with Crippen molar-refractivity contribution in [1.82, 2.24) is 5.32 Å². The second-order valence-electron chi connectivity index (χ2n) is 8.87. The second-order valence-corrected chi connectivity index (χ2v) is 9.28. The van der Waals surface area contributed by atoms with Crippen molar-refractivity contribution in [2.45, 2.75) is 13.3 Å². The van der Waals surface area contributed by atoms with E-state index in [1.54, 1.807) is 36.4 Å². The fourth-order valence-electron chi connectivity index (χ4n) is 3.97. The highest BCUT2D eigenvalue weighted by atomic mass is 35.5. The van der Waals surface area contributed by atoms with Crippen LogP contribution in [0.1, 0.15) is 18.9 Å². The Morgan fingerprint density at radius 3 is 2.33 bits per heavy atom. The van der Waals surface area contributed by atoms with Crippen LogP contribution in [0.25, 0.3) is 6.08 Å². The molecule has 1 heterocycles. The molecule has 11 nitrogen and oxygen atoms in total. The Morgan fingerprint density at radius 2 is 1.62 bits per heavy atom. The van der Waals surface area contributed by atoms with Gasteiger partial charge >= 0.3 is 6.03 Å². The summed E-state index contributed by atoms with van der Waals surface area (Å²) < 4.78 is 22.0. The minimum absolute atomic E-state index is 0.188. The molecule has 0 bridgehead atoms. The molecule has 0 unspecified atom stereocenters. The first-order valence-electron chi connectivity index (χ1n) is 12.8. The fourth-order valence-corrected chi connectivity index (χ4v) is 4.15. The van der Waals surface area contributed by atoms with Crippen LogP contribution >= 0.6 is 11.6 Å². The standard InChI is InChI=1S/C30H28ClN3O8/c1-4-13-41-23-12-10-19(16-26(23)40-3)34-29(37)20(28(36)33-30(34)38)14-18-9-11-24(25(15-18)39-2)42-17-27(35)32-22-8-6-5-7-21(22)31/h5-12,14-16H,4,13,17H2,1-3H3,(H,32,35)(H,33,36,38)/b20-14-. The lowest BCUT2D eigenvalue weighted by Crippen LogP contribution is -2.54. The van der Waals surface area contributed by atoms with E-state index < -0.39 is 23.8 Å². The first-order chi connectivity index (χ1) is 20.2. The van der Waals surface area contributed by atoms with Gasteiger partial charge in [0.25, 0.3) is 17.7 Å². The average molecular weight is 594 g/mol. The molecule has 0 atom stereocenters. The molecule has 42 heavy (non-hydrogen) atoms. The van der Waals surface area contributed by atoms with Crippen LogP contribution in [-0.4, -0.2) is 51.2 Å². The molecule has 1 saturated heterocycles. The number of nitrogens with zero attached hydrogens (tertiary/aromatic N) is 1. The molecule has 5 amide bonds. The molecule has 0 saturated carbocycles. The van der Waals surface area contributed by atoms with Crippen molar-refractivity contribution in [1.29, 1.82) is 0 Å². The van der Waals surface area contributed by atoms with E-state index >= 15 is 0 Å². The summed E-state index contributed by atoms with van der Waals surface area (Å²) >= 11 is 6.07. The van der Waals surface area contributed by atoms with E-state index in [0.29, 0.717) is 34.4 Å². The van der Waals surface area contributed by atoms with Crippen molar-refractivity contribution in [3.63, 3.8) is 0 Å². The number of ether oxygens (including phenoxy) is 4. The summed E-state index contributed by atoms with van der Waals surface area (Å²) in [5.41, 5.74) is 0.764. The van der Waals surface area contributed by atoms with Crippen LogP contribution in [0.3, 0.4) is 0 Å². The number of para-hydroxylation sites is 1. The van der Waals surface area contributed by atoms with E-state index in [2.05, 4.69) is 10.6 Å². The van der Waals surface area contributed by atoms with Gasteiger partial charge < -0.3 is 24.3 Å². The largest absolute Gasteiger partial charge is 0.493 e. The minimum atomic E-state index is -0.900. The number of amides is 5. The topological polar surface area (TPSA) is 132 Å². The lowest BCUT2D eigenvalue weighted by Gasteiger charge is -2.27. The Balaban J connectivity index is 1.53. The van der Waals surface area contributed by atoms with Gasteiger partial charge in [-0.05, 0) is 54.5 Å². The van der Waals surface area contributed by atoms with Crippen molar-refractivity contribution < 1.29 is 38.1 Å². The summed E-state index contributed by atoms with van der Waals surface area (Å²) in [5, 5.41) is 5.24. The minimum Gasteiger partial charge on any atom is -0.493 e. The van der Waals surface area contributed by atoms with Gasteiger partial charge in [-0.1, -0.05) is 36.7 Å². The second kappa shape index (κ2) is 13.6. The highest BCUT2D eigenvalue weighted by molar-refractivity contribution is 6.39. The first-order valence-corrected chi connectivity index (χ1v) is 13.2. The van der Waals surface area contributed by atoms with E-state index in [9.17, 15) is 19.2 Å². The quantitative estimate of drug-likeness (QED) is 0.239. The van der Waals surface area contributed by atoms with Crippen molar-refractivity contribution in [3.05, 3.63) is 76.8 Å². The average Bonchev–Trinajstić information content (AvgIpc) is 2.98. The molecular weight excluding hydrogens is 566 g/mol. The molecule has 0 aliphatic carbocycles. The summed E-state index contributed by atoms with van der Waals surface area (Å²) in [6.07, 6.45) is 2.11. The lowest BCUT2D eigenvalue weighted by molar-refractivity contribution is -0.122. The Kier molecular flexibility index (Phi) is 9.66.